The van der Waals surface area contributed by atoms with E-state index in [1.54, 1.807) is 0 Å². The van der Waals surface area contributed by atoms with Crippen LogP contribution < -0.4 is 5.32 Å². The summed E-state index contributed by atoms with van der Waals surface area (Å²) in [5, 5.41) is 4.61. The predicted octanol–water partition coefficient (Wildman–Crippen LogP) is 2.99. The zero-order valence-electron chi connectivity index (χ0n) is 9.84. The van der Waals surface area contributed by atoms with Gasteiger partial charge in [-0.3, -0.25) is 0 Å². The van der Waals surface area contributed by atoms with Crippen LogP contribution in [0.15, 0.2) is 28.7 Å². The normalized spacial score (nSPS) is 17.9. The Kier molecular flexibility index (Phi) is 2.08. The van der Waals surface area contributed by atoms with Crippen LogP contribution in [-0.4, -0.2) is 13.6 Å². The quantitative estimate of drug-likeness (QED) is 0.851. The molecule has 0 atom stereocenters. The first-order valence-corrected chi connectivity index (χ1v) is 5.90. The third-order valence-corrected chi connectivity index (χ3v) is 3.67. The lowest BCUT2D eigenvalue weighted by Gasteiger charge is -2.14. The van der Waals surface area contributed by atoms with Crippen LogP contribution in [-0.2, 0) is 5.41 Å². The molecule has 0 radical (unpaired) electrons. The molecule has 0 bridgehead atoms. The highest BCUT2D eigenvalue weighted by Crippen LogP contribution is 2.51. The van der Waals surface area contributed by atoms with E-state index < -0.39 is 0 Å². The van der Waals surface area contributed by atoms with E-state index in [0.29, 0.717) is 5.41 Å². The lowest BCUT2D eigenvalue weighted by molar-refractivity contribution is 0.548. The Morgan fingerprint density at radius 1 is 1.31 bits per heavy atom. The summed E-state index contributed by atoms with van der Waals surface area (Å²) in [4.78, 5) is 0. The van der Waals surface area contributed by atoms with E-state index in [0.717, 1.165) is 17.9 Å². The van der Waals surface area contributed by atoms with Crippen molar-refractivity contribution in [1.82, 2.24) is 5.32 Å². The van der Waals surface area contributed by atoms with E-state index in [1.807, 2.05) is 13.1 Å². The summed E-state index contributed by atoms with van der Waals surface area (Å²) in [5.74, 6) is 1.09. The summed E-state index contributed by atoms with van der Waals surface area (Å²) in [6.07, 6.45) is 2.55. The van der Waals surface area contributed by atoms with Crippen molar-refractivity contribution in [3.8, 4) is 0 Å². The molecule has 0 saturated heterocycles. The summed E-state index contributed by atoms with van der Waals surface area (Å²) >= 11 is 0. The molecule has 0 aliphatic heterocycles. The number of fused-ring (bicyclic) bond motifs is 1. The van der Waals surface area contributed by atoms with Crippen molar-refractivity contribution in [1.29, 1.82) is 0 Å². The van der Waals surface area contributed by atoms with Gasteiger partial charge in [-0.2, -0.15) is 0 Å². The van der Waals surface area contributed by atoms with Crippen LogP contribution in [0.1, 0.15) is 24.2 Å². The molecule has 2 nitrogen and oxygen atoms in total. The van der Waals surface area contributed by atoms with Gasteiger partial charge < -0.3 is 9.73 Å². The first kappa shape index (κ1) is 9.91. The van der Waals surface area contributed by atoms with E-state index in [-0.39, 0.29) is 0 Å². The van der Waals surface area contributed by atoms with Gasteiger partial charge in [0.2, 0.25) is 0 Å². The smallest absolute Gasteiger partial charge is 0.134 e. The highest BCUT2D eigenvalue weighted by molar-refractivity contribution is 5.84. The zero-order chi connectivity index (χ0) is 11.2. The molecule has 1 N–H and O–H groups in total. The average Bonchev–Trinajstić information content (AvgIpc) is 2.94. The number of nitrogens with one attached hydrogen (secondary N) is 1. The number of furan rings is 1. The number of hydrogen-bond acceptors (Lipinski definition) is 2. The van der Waals surface area contributed by atoms with Crippen molar-refractivity contribution in [2.24, 2.45) is 0 Å². The third kappa shape index (κ3) is 1.30. The molecule has 0 spiro atoms. The van der Waals surface area contributed by atoms with Crippen LogP contribution in [0.3, 0.4) is 0 Å². The Hall–Kier alpha value is -1.28. The second-order valence-electron chi connectivity index (χ2n) is 4.84. The van der Waals surface area contributed by atoms with E-state index in [2.05, 4.69) is 30.4 Å². The molecular weight excluding hydrogens is 198 g/mol. The van der Waals surface area contributed by atoms with Gasteiger partial charge in [0.05, 0.1) is 0 Å². The van der Waals surface area contributed by atoms with Crippen molar-refractivity contribution >= 4 is 11.0 Å². The Labute approximate surface area is 95.6 Å². The maximum Gasteiger partial charge on any atom is 0.134 e. The molecule has 0 amide bonds. The first-order chi connectivity index (χ1) is 7.77. The topological polar surface area (TPSA) is 25.2 Å². The van der Waals surface area contributed by atoms with E-state index in [1.165, 1.54) is 23.8 Å². The number of likely N-dealkylation sites (N-methyl/N-ethyl adjacent to an activating group) is 1. The lowest BCUT2D eigenvalue weighted by Crippen LogP contribution is -2.23. The van der Waals surface area contributed by atoms with Crippen molar-refractivity contribution in [2.75, 3.05) is 13.6 Å². The van der Waals surface area contributed by atoms with Gasteiger partial charge in [-0.1, -0.05) is 18.2 Å². The molecule has 1 saturated carbocycles. The first-order valence-electron chi connectivity index (χ1n) is 5.90. The minimum absolute atomic E-state index is 0.339. The van der Waals surface area contributed by atoms with Gasteiger partial charge in [-0.25, -0.2) is 0 Å². The van der Waals surface area contributed by atoms with Crippen LogP contribution in [0.4, 0.5) is 0 Å². The van der Waals surface area contributed by atoms with E-state index >= 15 is 0 Å². The number of benzene rings is 1. The minimum Gasteiger partial charge on any atom is -0.461 e. The van der Waals surface area contributed by atoms with Crippen LogP contribution >= 0.6 is 0 Å². The number of aryl methyl sites for hydroxylation is 1. The van der Waals surface area contributed by atoms with Crippen molar-refractivity contribution in [3.63, 3.8) is 0 Å². The molecule has 2 aromatic rings. The second-order valence-corrected chi connectivity index (χ2v) is 4.84. The predicted molar refractivity (Wildman–Crippen MR) is 65.8 cm³/mol. The van der Waals surface area contributed by atoms with Gasteiger partial charge in [0.15, 0.2) is 0 Å². The van der Waals surface area contributed by atoms with Crippen LogP contribution in [0.2, 0.25) is 0 Å². The SMILES string of the molecule is CNCC1(c2c(C)oc3ccccc23)CC1. The summed E-state index contributed by atoms with van der Waals surface area (Å²) in [6, 6.07) is 8.36. The maximum atomic E-state index is 5.84. The molecule has 0 unspecified atom stereocenters. The van der Waals surface area contributed by atoms with Crippen LogP contribution in [0.5, 0.6) is 0 Å². The standard InChI is InChI=1S/C14H17NO/c1-10-13(14(7-8-14)9-15-2)11-5-3-4-6-12(11)16-10/h3-6,15H,7-9H2,1-2H3. The molecule has 2 heteroatoms. The molecule has 16 heavy (non-hydrogen) atoms. The van der Waals surface area contributed by atoms with E-state index in [9.17, 15) is 0 Å². The van der Waals surface area contributed by atoms with Gasteiger partial charge in [0.25, 0.3) is 0 Å². The van der Waals surface area contributed by atoms with Gasteiger partial charge in [0.1, 0.15) is 11.3 Å². The Morgan fingerprint density at radius 3 is 2.75 bits per heavy atom. The molecule has 1 fully saturated rings. The highest BCUT2D eigenvalue weighted by Gasteiger charge is 2.46. The molecule has 1 aromatic carbocycles. The second kappa shape index (κ2) is 3.36. The largest absolute Gasteiger partial charge is 0.461 e. The third-order valence-electron chi connectivity index (χ3n) is 3.67. The fourth-order valence-corrected chi connectivity index (χ4v) is 2.83. The molecule has 84 valence electrons. The summed E-state index contributed by atoms with van der Waals surface area (Å²) in [6.45, 7) is 3.14. The average molecular weight is 215 g/mol. The van der Waals surface area contributed by atoms with Gasteiger partial charge >= 0.3 is 0 Å². The van der Waals surface area contributed by atoms with Crippen LogP contribution in [0, 0.1) is 6.92 Å². The number of para-hydroxylation sites is 1. The van der Waals surface area contributed by atoms with Crippen molar-refractivity contribution < 1.29 is 4.42 Å². The van der Waals surface area contributed by atoms with Gasteiger partial charge in [-0.15, -0.1) is 0 Å². The fourth-order valence-electron chi connectivity index (χ4n) is 2.83. The lowest BCUT2D eigenvalue weighted by atomic mass is 9.93. The summed E-state index contributed by atoms with van der Waals surface area (Å²) in [5.41, 5.74) is 2.79. The fraction of sp³-hybridized carbons (Fsp3) is 0.429. The monoisotopic (exact) mass is 215 g/mol. The molecular formula is C14H17NO. The summed E-state index contributed by atoms with van der Waals surface area (Å²) < 4.78 is 5.84. The molecule has 1 aliphatic rings. The van der Waals surface area contributed by atoms with Crippen LogP contribution in [0.25, 0.3) is 11.0 Å². The minimum atomic E-state index is 0.339. The Morgan fingerprint density at radius 2 is 2.06 bits per heavy atom. The zero-order valence-corrected chi connectivity index (χ0v) is 9.84. The van der Waals surface area contributed by atoms with Gasteiger partial charge in [-0.05, 0) is 32.9 Å². The van der Waals surface area contributed by atoms with Crippen molar-refractivity contribution in [2.45, 2.75) is 25.2 Å². The van der Waals surface area contributed by atoms with Crippen molar-refractivity contribution in [3.05, 3.63) is 35.6 Å². The molecule has 1 aromatic heterocycles. The number of hydrogen-bond donors (Lipinski definition) is 1. The van der Waals surface area contributed by atoms with E-state index in [4.69, 9.17) is 4.42 Å². The highest BCUT2D eigenvalue weighted by atomic mass is 16.3. The molecule has 3 rings (SSSR count). The Balaban J connectivity index is 2.19. The Bertz CT molecular complexity index is 523. The van der Waals surface area contributed by atoms with Gasteiger partial charge in [0, 0.05) is 22.9 Å². The molecule has 1 aliphatic carbocycles. The maximum absolute atomic E-state index is 5.84. The summed E-state index contributed by atoms with van der Waals surface area (Å²) in [7, 11) is 2.03. The molecule has 1 heterocycles. The number of rotatable bonds is 3.